The molecule has 582 valence electrons. The van der Waals surface area contributed by atoms with Crippen molar-refractivity contribution in [3.63, 3.8) is 0 Å². The van der Waals surface area contributed by atoms with Crippen molar-refractivity contribution in [2.75, 3.05) is 122 Å². The predicted octanol–water partition coefficient (Wildman–Crippen LogP) is 14.2. The summed E-state index contributed by atoms with van der Waals surface area (Å²) in [5, 5.41) is 1.01. The van der Waals surface area contributed by atoms with Crippen LogP contribution >= 0.6 is 23.2 Å². The number of anilines is 2. The fourth-order valence-electron chi connectivity index (χ4n) is 21.8. The molecular formula is C86H124Cl2N8O8S2. The van der Waals surface area contributed by atoms with Crippen LogP contribution in [0.1, 0.15) is 201 Å². The number of halogens is 2. The average Bonchev–Trinajstić information content (AvgIpc) is 1.51. The normalized spacial score (nSPS) is 36.4. The number of benzene rings is 4. The molecule has 106 heavy (non-hydrogen) atoms. The Morgan fingerprint density at radius 2 is 1.03 bits per heavy atom. The number of piperidine rings is 1. The van der Waals surface area contributed by atoms with Crippen LogP contribution in [0.4, 0.5) is 11.4 Å². The molecule has 11 aliphatic rings. The Morgan fingerprint density at radius 1 is 0.547 bits per heavy atom. The van der Waals surface area contributed by atoms with Crippen LogP contribution in [0.3, 0.4) is 0 Å². The van der Waals surface area contributed by atoms with Gasteiger partial charge in [0.2, 0.25) is 0 Å². The number of ether oxygens (including phenoxy) is 4. The number of carbonyl (C=O) groups excluding carboxylic acids is 2. The maximum Gasteiger partial charge on any atom is 0.262 e. The summed E-state index contributed by atoms with van der Waals surface area (Å²) in [6.07, 6.45) is 20.5. The molecular weight excluding hydrogens is 1410 g/mol. The van der Waals surface area contributed by atoms with Gasteiger partial charge in [-0.05, 0) is 274 Å². The van der Waals surface area contributed by atoms with E-state index in [1.807, 2.05) is 76.6 Å². The Kier molecular flexibility index (Phi) is 23.5. The molecule has 3 saturated heterocycles. The van der Waals surface area contributed by atoms with Crippen molar-refractivity contribution in [3.05, 3.63) is 116 Å². The second-order valence-corrected chi connectivity index (χ2v) is 41.0. The summed E-state index contributed by atoms with van der Waals surface area (Å²) >= 11 is 13.1. The lowest BCUT2D eigenvalue weighted by atomic mass is 9.62. The molecule has 4 bridgehead atoms. The summed E-state index contributed by atoms with van der Waals surface area (Å²) in [7, 11) is -1.91. The molecule has 2 N–H and O–H groups in total. The SMILES string of the molecule is C=S1(=O)NC(=O)c2ccc3c(c2)N(C[C@@H]2CC[C@H]2[C@@](CN2CCN4CCCC[C@@H]4C2)(OC)CCC[C@H](C)[C@H]1C)C[C@@]1(CCCc2cc(Cl)ccc21)CO3.C=S1(=O)NC(=O)c2ccc3c(c2)N(C[C@@H]2CC[C@H]2[C@](CN2CCN(C(C)C)[C@H](C)C2)(OC)CCC[C@H](C)[C@H]1C)C[C@@]1(CCCc2cc(Cl)ccc21)CO3. The Morgan fingerprint density at radius 3 is 1.48 bits per heavy atom. The van der Waals surface area contributed by atoms with Gasteiger partial charge in [0.25, 0.3) is 11.8 Å². The van der Waals surface area contributed by atoms with Crippen LogP contribution in [0, 0.1) is 35.5 Å². The number of nitrogens with one attached hydrogen (secondary N) is 2. The van der Waals surface area contributed by atoms with Gasteiger partial charge < -0.3 is 28.7 Å². The van der Waals surface area contributed by atoms with E-state index < -0.39 is 19.4 Å². The van der Waals surface area contributed by atoms with Gasteiger partial charge in [-0.25, -0.2) is 8.42 Å². The van der Waals surface area contributed by atoms with Crippen molar-refractivity contribution in [3.8, 4) is 11.5 Å². The summed E-state index contributed by atoms with van der Waals surface area (Å²) < 4.78 is 61.2. The topological polar surface area (TPSA) is 149 Å². The molecule has 0 radical (unpaired) electrons. The summed E-state index contributed by atoms with van der Waals surface area (Å²) in [6, 6.07) is 26.0. The molecule has 0 aromatic heterocycles. The van der Waals surface area contributed by atoms with Crippen molar-refractivity contribution in [1.82, 2.24) is 29.0 Å². The first kappa shape index (κ1) is 78.1. The fraction of sp³-hybridized carbons (Fsp3) is 0.674. The van der Waals surface area contributed by atoms with Crippen molar-refractivity contribution >= 4 is 77.5 Å². The van der Waals surface area contributed by atoms with Crippen molar-refractivity contribution in [2.45, 2.75) is 221 Å². The Hall–Kier alpha value is -4.60. The van der Waals surface area contributed by atoms with Gasteiger partial charge in [0.15, 0.2) is 0 Å². The van der Waals surface area contributed by atoms with Crippen molar-refractivity contribution in [2.24, 2.45) is 35.5 Å². The Bertz CT molecular complexity index is 4070. The number of hydrogen-bond donors (Lipinski definition) is 2. The van der Waals surface area contributed by atoms with Crippen molar-refractivity contribution < 1.29 is 37.0 Å². The molecule has 7 aliphatic heterocycles. The second-order valence-electron chi connectivity index (χ2n) is 35.3. The minimum Gasteiger partial charge on any atom is -0.490 e. The molecule has 2 saturated carbocycles. The number of amides is 2. The zero-order valence-electron chi connectivity index (χ0n) is 65.3. The standard InChI is InChI=1S/C43H61ClN4O4S.C43H63ClN4O4S/c1-30-9-7-19-43(51-3,28-46-21-22-47-20-6-5-11-36(47)26-46)38-15-12-34(38)25-48-27-42(18-8-10-32-23-35(44)14-16-37(32)42)29-52-40-17-13-33(24-39(40)48)41(49)45-53(4,50)31(30)2;1-29(2)48-21-20-46(24-31(48)4)27-43(51-6)19-8-10-30(3)32(5)53(7,50)45-41(49)34-13-17-40-39(23-34)47(25-35-12-15-38(35)43)26-42(28-52-40)18-9-11-33-22-36(44)14-16-37(33)42/h13-14,16-17,23-24,30-31,34,36,38H,4-12,15,18-22,25-29H2,1-3H3,(H,45,49,50);13-14,16-17,22-23,29-32,35,38H,7-12,15,18-21,24-28H2,1-6H3,(H,45,49,50)/t30-,31+,34-,36+,38+,42-,43+,53?;30-,31+,32+,35-,38+,42-,43-,53?/m00/s1. The third-order valence-electron chi connectivity index (χ3n) is 28.7. The van der Waals surface area contributed by atoms with Crippen LogP contribution in [0.5, 0.6) is 11.5 Å². The van der Waals surface area contributed by atoms with Gasteiger partial charge in [-0.1, -0.05) is 68.4 Å². The van der Waals surface area contributed by atoms with Crippen LogP contribution in [0.2, 0.25) is 10.0 Å². The molecule has 4 aromatic rings. The molecule has 20 heteroatoms. The zero-order chi connectivity index (χ0) is 74.7. The molecule has 16 atom stereocenters. The van der Waals surface area contributed by atoms with E-state index >= 15 is 0 Å². The van der Waals surface area contributed by atoms with Gasteiger partial charge in [-0.15, -0.1) is 0 Å². The van der Waals surface area contributed by atoms with E-state index in [-0.39, 0.29) is 56.2 Å². The van der Waals surface area contributed by atoms with Crippen molar-refractivity contribution in [1.29, 1.82) is 0 Å². The highest BCUT2D eigenvalue weighted by atomic mass is 35.5. The molecule has 2 unspecified atom stereocenters. The van der Waals surface area contributed by atoms with Crippen LogP contribution in [0.15, 0.2) is 72.8 Å². The monoisotopic (exact) mass is 1530 g/mol. The van der Waals surface area contributed by atoms with Crippen LogP contribution in [-0.2, 0) is 52.6 Å². The Balaban J connectivity index is 0.000000178. The van der Waals surface area contributed by atoms with Gasteiger partial charge >= 0.3 is 0 Å². The zero-order valence-corrected chi connectivity index (χ0v) is 68.4. The van der Waals surface area contributed by atoms with Gasteiger partial charge in [-0.2, -0.15) is 0 Å². The molecule has 4 aromatic carbocycles. The number of rotatable bonds is 7. The van der Waals surface area contributed by atoms with E-state index in [4.69, 9.17) is 42.1 Å². The average molecular weight is 1530 g/mol. The number of nitrogens with zero attached hydrogens (tertiary/aromatic N) is 6. The van der Waals surface area contributed by atoms with E-state index in [2.05, 4.69) is 109 Å². The lowest BCUT2D eigenvalue weighted by molar-refractivity contribution is -0.136. The smallest absolute Gasteiger partial charge is 0.262 e. The van der Waals surface area contributed by atoms with Crippen LogP contribution < -0.4 is 28.7 Å². The molecule has 2 spiro atoms. The first-order chi connectivity index (χ1) is 50.7. The Labute approximate surface area is 646 Å². The molecule has 15 rings (SSSR count). The lowest BCUT2D eigenvalue weighted by Gasteiger charge is -2.54. The minimum absolute atomic E-state index is 0.120. The molecule has 5 fully saturated rings. The number of hydrogen-bond acceptors (Lipinski definition) is 14. The third kappa shape index (κ3) is 15.9. The van der Waals surface area contributed by atoms with E-state index in [1.165, 1.54) is 48.1 Å². The molecule has 2 amide bonds. The molecule has 16 nitrogen and oxygen atoms in total. The molecule has 7 heterocycles. The maximum absolute atomic E-state index is 14.1. The van der Waals surface area contributed by atoms with E-state index in [0.717, 1.165) is 214 Å². The van der Waals surface area contributed by atoms with E-state index in [1.54, 1.807) is 0 Å². The first-order valence-corrected chi connectivity index (χ1v) is 45.1. The summed E-state index contributed by atoms with van der Waals surface area (Å²) in [6.45, 7) is 29.4. The predicted molar refractivity (Wildman–Crippen MR) is 436 cm³/mol. The maximum atomic E-state index is 14.1. The summed E-state index contributed by atoms with van der Waals surface area (Å²) in [5.41, 5.74) is 7.19. The number of piperazine rings is 2. The highest BCUT2D eigenvalue weighted by Crippen LogP contribution is 2.53. The number of methoxy groups -OCH3 is 2. The lowest BCUT2D eigenvalue weighted by Crippen LogP contribution is -2.62. The van der Waals surface area contributed by atoms with Crippen LogP contribution in [0.25, 0.3) is 0 Å². The van der Waals surface area contributed by atoms with Crippen LogP contribution in [-0.4, -0.2) is 204 Å². The fourth-order valence-corrected chi connectivity index (χ4v) is 25.2. The third-order valence-corrected chi connectivity index (χ3v) is 33.6. The number of carbonyl (C=O) groups is 2. The van der Waals surface area contributed by atoms with Gasteiger partial charge in [0.05, 0.1) is 55.2 Å². The largest absolute Gasteiger partial charge is 0.490 e. The second kappa shape index (κ2) is 31.9. The number of fused-ring (bicyclic) bond motifs is 9. The highest BCUT2D eigenvalue weighted by Gasteiger charge is 2.54. The summed E-state index contributed by atoms with van der Waals surface area (Å²) in [4.78, 5) is 43.5. The first-order valence-electron chi connectivity index (χ1n) is 40.8. The quantitative estimate of drug-likeness (QED) is 0.169. The molecule has 4 aliphatic carbocycles. The minimum atomic E-state index is -2.92. The highest BCUT2D eigenvalue weighted by molar-refractivity contribution is 7.99. The summed E-state index contributed by atoms with van der Waals surface area (Å²) in [5.74, 6) is 11.1. The van der Waals surface area contributed by atoms with E-state index in [9.17, 15) is 18.0 Å². The van der Waals surface area contributed by atoms with Gasteiger partial charge in [-0.3, -0.25) is 38.6 Å². The number of aryl methyl sites for hydroxylation is 2. The van der Waals surface area contributed by atoms with E-state index in [0.29, 0.717) is 66.1 Å². The van der Waals surface area contributed by atoms with Gasteiger partial charge in [0.1, 0.15) is 11.5 Å². The van der Waals surface area contributed by atoms with Gasteiger partial charge in [0, 0.05) is 153 Å².